The zero-order chi connectivity index (χ0) is 9.97. The molecular formula is C10H16N2O2. The SMILES string of the molecule is Cc1cc(CNC2CCCC2O)no1. The van der Waals surface area contributed by atoms with E-state index in [0.29, 0.717) is 6.54 Å². The van der Waals surface area contributed by atoms with Gasteiger partial charge in [0.1, 0.15) is 5.76 Å². The molecule has 0 bridgehead atoms. The second kappa shape index (κ2) is 4.11. The van der Waals surface area contributed by atoms with Crippen LogP contribution in [0.3, 0.4) is 0 Å². The smallest absolute Gasteiger partial charge is 0.133 e. The highest BCUT2D eigenvalue weighted by Gasteiger charge is 2.24. The van der Waals surface area contributed by atoms with Gasteiger partial charge >= 0.3 is 0 Å². The number of hydrogen-bond acceptors (Lipinski definition) is 4. The molecule has 0 saturated heterocycles. The van der Waals surface area contributed by atoms with Crippen LogP contribution in [0.25, 0.3) is 0 Å². The Bertz CT molecular complexity index is 298. The van der Waals surface area contributed by atoms with Gasteiger partial charge in [-0.25, -0.2) is 0 Å². The average molecular weight is 196 g/mol. The number of aliphatic hydroxyl groups is 1. The summed E-state index contributed by atoms with van der Waals surface area (Å²) in [7, 11) is 0. The molecular weight excluding hydrogens is 180 g/mol. The van der Waals surface area contributed by atoms with Crippen molar-refractivity contribution in [2.24, 2.45) is 0 Å². The van der Waals surface area contributed by atoms with E-state index in [9.17, 15) is 5.11 Å². The topological polar surface area (TPSA) is 58.3 Å². The van der Waals surface area contributed by atoms with Crippen LogP contribution in [0.15, 0.2) is 10.6 Å². The molecule has 4 nitrogen and oxygen atoms in total. The summed E-state index contributed by atoms with van der Waals surface area (Å²) in [5.74, 6) is 0.828. The molecule has 1 aliphatic rings. The van der Waals surface area contributed by atoms with E-state index in [2.05, 4.69) is 10.5 Å². The predicted octanol–water partition coefficient (Wildman–Crippen LogP) is 0.986. The molecule has 1 aromatic rings. The number of nitrogens with one attached hydrogen (secondary N) is 1. The van der Waals surface area contributed by atoms with Crippen LogP contribution in [0.1, 0.15) is 30.7 Å². The molecule has 2 unspecified atom stereocenters. The van der Waals surface area contributed by atoms with Crippen LogP contribution >= 0.6 is 0 Å². The van der Waals surface area contributed by atoms with E-state index < -0.39 is 0 Å². The molecule has 2 rings (SSSR count). The lowest BCUT2D eigenvalue weighted by atomic mass is 10.2. The summed E-state index contributed by atoms with van der Waals surface area (Å²) in [6.07, 6.45) is 2.88. The highest BCUT2D eigenvalue weighted by molar-refractivity contribution is 5.03. The average Bonchev–Trinajstić information content (AvgIpc) is 2.72. The monoisotopic (exact) mass is 196 g/mol. The Hall–Kier alpha value is -0.870. The first-order chi connectivity index (χ1) is 6.75. The van der Waals surface area contributed by atoms with E-state index in [1.807, 2.05) is 13.0 Å². The molecule has 14 heavy (non-hydrogen) atoms. The Morgan fingerprint density at radius 2 is 2.50 bits per heavy atom. The van der Waals surface area contributed by atoms with Crippen molar-refractivity contribution in [3.05, 3.63) is 17.5 Å². The first-order valence-corrected chi connectivity index (χ1v) is 5.09. The Kier molecular flexibility index (Phi) is 2.84. The maximum Gasteiger partial charge on any atom is 0.133 e. The van der Waals surface area contributed by atoms with Crippen molar-refractivity contribution in [1.29, 1.82) is 0 Å². The third-order valence-corrected chi connectivity index (χ3v) is 2.70. The third-order valence-electron chi connectivity index (χ3n) is 2.70. The molecule has 1 heterocycles. The fourth-order valence-electron chi connectivity index (χ4n) is 1.92. The summed E-state index contributed by atoms with van der Waals surface area (Å²) >= 11 is 0. The number of aliphatic hydroxyl groups excluding tert-OH is 1. The quantitative estimate of drug-likeness (QED) is 0.756. The Morgan fingerprint density at radius 1 is 1.64 bits per heavy atom. The van der Waals surface area contributed by atoms with Crippen molar-refractivity contribution < 1.29 is 9.63 Å². The van der Waals surface area contributed by atoms with Gasteiger partial charge in [-0.1, -0.05) is 5.16 Å². The van der Waals surface area contributed by atoms with Crippen molar-refractivity contribution in [3.63, 3.8) is 0 Å². The van der Waals surface area contributed by atoms with Crippen molar-refractivity contribution in [2.75, 3.05) is 0 Å². The van der Waals surface area contributed by atoms with Gasteiger partial charge in [-0.3, -0.25) is 0 Å². The number of aryl methyl sites for hydroxylation is 1. The number of aromatic nitrogens is 1. The molecule has 1 aliphatic carbocycles. The second-order valence-corrected chi connectivity index (χ2v) is 3.91. The number of nitrogens with zero attached hydrogens (tertiary/aromatic N) is 1. The summed E-state index contributed by atoms with van der Waals surface area (Å²) in [5, 5.41) is 16.7. The zero-order valence-corrected chi connectivity index (χ0v) is 8.36. The van der Waals surface area contributed by atoms with Gasteiger partial charge < -0.3 is 14.9 Å². The van der Waals surface area contributed by atoms with E-state index in [0.717, 1.165) is 30.7 Å². The molecule has 0 aliphatic heterocycles. The first-order valence-electron chi connectivity index (χ1n) is 5.09. The van der Waals surface area contributed by atoms with Crippen molar-refractivity contribution >= 4 is 0 Å². The lowest BCUT2D eigenvalue weighted by molar-refractivity contribution is 0.148. The van der Waals surface area contributed by atoms with Crippen molar-refractivity contribution in [3.8, 4) is 0 Å². The highest BCUT2D eigenvalue weighted by Crippen LogP contribution is 2.19. The fourth-order valence-corrected chi connectivity index (χ4v) is 1.92. The molecule has 0 spiro atoms. The Morgan fingerprint density at radius 3 is 3.07 bits per heavy atom. The van der Waals surface area contributed by atoms with Crippen LogP contribution < -0.4 is 5.32 Å². The van der Waals surface area contributed by atoms with Gasteiger partial charge in [-0.05, 0) is 26.2 Å². The van der Waals surface area contributed by atoms with Crippen molar-refractivity contribution in [1.82, 2.24) is 10.5 Å². The van der Waals surface area contributed by atoms with Gasteiger partial charge in [0.15, 0.2) is 0 Å². The standard InChI is InChI=1S/C10H16N2O2/c1-7-5-8(12-14-7)6-11-9-3-2-4-10(9)13/h5,9-11,13H,2-4,6H2,1H3. The highest BCUT2D eigenvalue weighted by atomic mass is 16.5. The summed E-state index contributed by atoms with van der Waals surface area (Å²) in [4.78, 5) is 0. The zero-order valence-electron chi connectivity index (χ0n) is 8.36. The molecule has 78 valence electrons. The summed E-state index contributed by atoms with van der Waals surface area (Å²) in [6.45, 7) is 2.56. The maximum atomic E-state index is 9.57. The minimum Gasteiger partial charge on any atom is -0.392 e. The molecule has 0 amide bonds. The lowest BCUT2D eigenvalue weighted by Crippen LogP contribution is -2.35. The Labute approximate surface area is 83.3 Å². The van der Waals surface area contributed by atoms with Crippen LogP contribution in [0.2, 0.25) is 0 Å². The van der Waals surface area contributed by atoms with Gasteiger partial charge in [0, 0.05) is 18.7 Å². The fraction of sp³-hybridized carbons (Fsp3) is 0.700. The van der Waals surface area contributed by atoms with Gasteiger partial charge in [-0.15, -0.1) is 0 Å². The first kappa shape index (κ1) is 9.68. The molecule has 1 saturated carbocycles. The van der Waals surface area contributed by atoms with E-state index in [1.165, 1.54) is 0 Å². The molecule has 4 heteroatoms. The molecule has 0 aromatic carbocycles. The maximum absolute atomic E-state index is 9.57. The summed E-state index contributed by atoms with van der Waals surface area (Å²) in [5.41, 5.74) is 0.904. The second-order valence-electron chi connectivity index (χ2n) is 3.91. The van der Waals surface area contributed by atoms with Crippen LogP contribution in [0.4, 0.5) is 0 Å². The minimum absolute atomic E-state index is 0.192. The van der Waals surface area contributed by atoms with E-state index in [4.69, 9.17) is 4.52 Å². The largest absolute Gasteiger partial charge is 0.392 e. The van der Waals surface area contributed by atoms with Crippen LogP contribution in [-0.2, 0) is 6.54 Å². The number of hydrogen-bond donors (Lipinski definition) is 2. The van der Waals surface area contributed by atoms with Gasteiger partial charge in [0.05, 0.1) is 11.8 Å². The van der Waals surface area contributed by atoms with E-state index in [1.54, 1.807) is 0 Å². The third kappa shape index (κ3) is 2.13. The van der Waals surface area contributed by atoms with Crippen LogP contribution in [0.5, 0.6) is 0 Å². The molecule has 2 N–H and O–H groups in total. The van der Waals surface area contributed by atoms with E-state index in [-0.39, 0.29) is 12.1 Å². The molecule has 1 aromatic heterocycles. The van der Waals surface area contributed by atoms with Gasteiger partial charge in [0.2, 0.25) is 0 Å². The van der Waals surface area contributed by atoms with Crippen molar-refractivity contribution in [2.45, 2.75) is 44.9 Å². The van der Waals surface area contributed by atoms with Crippen LogP contribution in [0, 0.1) is 6.92 Å². The predicted molar refractivity (Wildman–Crippen MR) is 51.7 cm³/mol. The van der Waals surface area contributed by atoms with Gasteiger partial charge in [-0.2, -0.15) is 0 Å². The van der Waals surface area contributed by atoms with Gasteiger partial charge in [0.25, 0.3) is 0 Å². The Balaban J connectivity index is 1.82. The lowest BCUT2D eigenvalue weighted by Gasteiger charge is -2.14. The minimum atomic E-state index is -0.192. The normalized spacial score (nSPS) is 27.0. The van der Waals surface area contributed by atoms with E-state index >= 15 is 0 Å². The number of rotatable bonds is 3. The van der Waals surface area contributed by atoms with Crippen LogP contribution in [-0.4, -0.2) is 22.4 Å². The summed E-state index contributed by atoms with van der Waals surface area (Å²) < 4.78 is 4.95. The summed E-state index contributed by atoms with van der Waals surface area (Å²) in [6, 6.07) is 2.14. The molecule has 2 atom stereocenters. The molecule has 0 radical (unpaired) electrons. The molecule has 1 fully saturated rings.